The van der Waals surface area contributed by atoms with E-state index in [4.69, 9.17) is 0 Å². The lowest BCUT2D eigenvalue weighted by Crippen LogP contribution is -2.27. The number of thioether (sulfide) groups is 1. The highest BCUT2D eigenvalue weighted by Gasteiger charge is 2.19. The van der Waals surface area contributed by atoms with E-state index < -0.39 is 6.55 Å². The van der Waals surface area contributed by atoms with Gasteiger partial charge in [0.2, 0.25) is 5.91 Å². The van der Waals surface area contributed by atoms with Gasteiger partial charge in [-0.2, -0.15) is 8.78 Å². The Bertz CT molecular complexity index is 833. The molecule has 0 aliphatic rings. The lowest BCUT2D eigenvalue weighted by Gasteiger charge is -2.12. The van der Waals surface area contributed by atoms with E-state index in [0.29, 0.717) is 11.0 Å². The Kier molecular flexibility index (Phi) is 5.15. The number of para-hydroxylation sites is 2. The quantitative estimate of drug-likeness (QED) is 0.654. The summed E-state index contributed by atoms with van der Waals surface area (Å²) in [6, 6.07) is 10.5. The number of hydrogen-bond acceptors (Lipinski definition) is 4. The first-order chi connectivity index (χ1) is 11.6. The van der Waals surface area contributed by atoms with Crippen LogP contribution in [0.15, 0.2) is 46.9 Å². The van der Waals surface area contributed by atoms with Gasteiger partial charge < -0.3 is 5.32 Å². The fraction of sp³-hybridized carbons (Fsp3) is 0.250. The van der Waals surface area contributed by atoms with E-state index >= 15 is 0 Å². The molecule has 1 atom stereocenters. The molecule has 0 spiro atoms. The van der Waals surface area contributed by atoms with Crippen molar-refractivity contribution in [1.82, 2.24) is 14.9 Å². The molecule has 126 valence electrons. The summed E-state index contributed by atoms with van der Waals surface area (Å²) in [5, 5.41) is 4.95. The lowest BCUT2D eigenvalue weighted by molar-refractivity contribution is -0.119. The number of carbonyl (C=O) groups is 1. The molecule has 0 aliphatic carbocycles. The number of rotatable bonds is 6. The maximum atomic E-state index is 13.3. The van der Waals surface area contributed by atoms with Gasteiger partial charge in [0.1, 0.15) is 0 Å². The molecule has 2 aromatic heterocycles. The van der Waals surface area contributed by atoms with Crippen molar-refractivity contribution in [3.05, 3.63) is 46.7 Å². The number of fused-ring (bicyclic) bond motifs is 1. The van der Waals surface area contributed by atoms with Crippen molar-refractivity contribution in [3.8, 4) is 0 Å². The van der Waals surface area contributed by atoms with Crippen molar-refractivity contribution in [2.75, 3.05) is 5.75 Å². The molecule has 4 nitrogen and oxygen atoms in total. The van der Waals surface area contributed by atoms with Gasteiger partial charge in [0.05, 0.1) is 22.8 Å². The van der Waals surface area contributed by atoms with E-state index in [1.165, 1.54) is 0 Å². The Balaban J connectivity index is 1.69. The van der Waals surface area contributed by atoms with E-state index in [1.54, 1.807) is 35.6 Å². The summed E-state index contributed by atoms with van der Waals surface area (Å²) >= 11 is 2.57. The highest BCUT2D eigenvalue weighted by Crippen LogP contribution is 2.29. The highest BCUT2D eigenvalue weighted by molar-refractivity contribution is 7.99. The maximum Gasteiger partial charge on any atom is 0.321 e. The van der Waals surface area contributed by atoms with Crippen LogP contribution in [0.2, 0.25) is 0 Å². The molecule has 3 rings (SSSR count). The van der Waals surface area contributed by atoms with Crippen LogP contribution in [0.4, 0.5) is 8.78 Å². The predicted octanol–water partition coefficient (Wildman–Crippen LogP) is 4.46. The first-order valence-electron chi connectivity index (χ1n) is 7.27. The zero-order valence-corrected chi connectivity index (χ0v) is 14.4. The second kappa shape index (κ2) is 7.31. The number of thiophene rings is 1. The van der Waals surface area contributed by atoms with Crippen LogP contribution in [-0.4, -0.2) is 21.2 Å². The molecule has 1 N–H and O–H groups in total. The van der Waals surface area contributed by atoms with Gasteiger partial charge in [-0.05, 0) is 30.5 Å². The molecule has 1 unspecified atom stereocenters. The van der Waals surface area contributed by atoms with Crippen molar-refractivity contribution in [3.63, 3.8) is 0 Å². The molecule has 3 aromatic rings. The number of halogens is 2. The number of carbonyl (C=O) groups excluding carboxylic acids is 1. The van der Waals surface area contributed by atoms with Crippen molar-refractivity contribution in [1.29, 1.82) is 0 Å². The third-order valence-electron chi connectivity index (χ3n) is 3.44. The number of nitrogens with one attached hydrogen (secondary N) is 1. The van der Waals surface area contributed by atoms with Crippen LogP contribution < -0.4 is 5.32 Å². The molecule has 0 bridgehead atoms. The third kappa shape index (κ3) is 3.59. The van der Waals surface area contributed by atoms with Gasteiger partial charge in [0.25, 0.3) is 0 Å². The number of benzene rings is 1. The summed E-state index contributed by atoms with van der Waals surface area (Å²) in [5.74, 6) is -0.181. The van der Waals surface area contributed by atoms with Crippen molar-refractivity contribution >= 4 is 40.0 Å². The number of amides is 1. The second-order valence-corrected chi connectivity index (χ2v) is 7.05. The molecule has 0 aliphatic heterocycles. The number of nitrogens with zero attached hydrogens (tertiary/aromatic N) is 2. The molecule has 0 saturated heterocycles. The molecule has 1 aromatic carbocycles. The Hall–Kier alpha value is -1.93. The van der Waals surface area contributed by atoms with Crippen LogP contribution in [-0.2, 0) is 4.79 Å². The first-order valence-corrected chi connectivity index (χ1v) is 9.13. The molecule has 1 amide bonds. The smallest absolute Gasteiger partial charge is 0.321 e. The number of hydrogen-bond donors (Lipinski definition) is 1. The number of imidazole rings is 1. The van der Waals surface area contributed by atoms with Gasteiger partial charge >= 0.3 is 6.55 Å². The van der Waals surface area contributed by atoms with Gasteiger partial charge in [-0.25, -0.2) is 4.98 Å². The van der Waals surface area contributed by atoms with E-state index in [9.17, 15) is 13.6 Å². The molecule has 24 heavy (non-hydrogen) atoms. The average Bonchev–Trinajstić information content (AvgIpc) is 3.20. The minimum Gasteiger partial charge on any atom is -0.348 e. The van der Waals surface area contributed by atoms with Gasteiger partial charge in [0, 0.05) is 4.88 Å². The number of alkyl halides is 2. The van der Waals surface area contributed by atoms with Crippen LogP contribution in [0.1, 0.15) is 24.4 Å². The number of aromatic nitrogens is 2. The van der Waals surface area contributed by atoms with Crippen molar-refractivity contribution in [2.45, 2.75) is 24.7 Å². The molecular formula is C16H15F2N3OS2. The average molecular weight is 367 g/mol. The predicted molar refractivity (Wildman–Crippen MR) is 92.6 cm³/mol. The Morgan fingerprint density at radius 3 is 2.83 bits per heavy atom. The van der Waals surface area contributed by atoms with E-state index in [2.05, 4.69) is 10.3 Å². The van der Waals surface area contributed by atoms with E-state index in [0.717, 1.165) is 21.2 Å². The van der Waals surface area contributed by atoms with E-state index in [-0.39, 0.29) is 22.9 Å². The second-order valence-electron chi connectivity index (χ2n) is 5.12. The molecule has 0 fully saturated rings. The maximum absolute atomic E-state index is 13.3. The standard InChI is InChI=1S/C16H15F2N3OS2/c1-10(13-7-4-8-23-13)19-14(22)9-24-16-20-11-5-2-3-6-12(11)21(16)15(17)18/h2-8,10,15H,9H2,1H3,(H,19,22). The van der Waals surface area contributed by atoms with Crippen LogP contribution in [0, 0.1) is 0 Å². The Morgan fingerprint density at radius 1 is 1.33 bits per heavy atom. The molecule has 2 heterocycles. The van der Waals surface area contributed by atoms with Gasteiger partial charge in [-0.3, -0.25) is 9.36 Å². The van der Waals surface area contributed by atoms with Gasteiger partial charge in [-0.1, -0.05) is 30.0 Å². The van der Waals surface area contributed by atoms with Crippen molar-refractivity contribution < 1.29 is 13.6 Å². The van der Waals surface area contributed by atoms with Crippen LogP contribution >= 0.6 is 23.1 Å². The summed E-state index contributed by atoms with van der Waals surface area (Å²) in [5.41, 5.74) is 0.857. The molecule has 0 saturated carbocycles. The Morgan fingerprint density at radius 2 is 2.12 bits per heavy atom. The fourth-order valence-corrected chi connectivity index (χ4v) is 3.89. The zero-order valence-electron chi connectivity index (χ0n) is 12.8. The minimum atomic E-state index is -2.70. The largest absolute Gasteiger partial charge is 0.348 e. The molecule has 0 radical (unpaired) electrons. The van der Waals surface area contributed by atoms with Crippen LogP contribution in [0.5, 0.6) is 0 Å². The monoisotopic (exact) mass is 367 g/mol. The first kappa shape index (κ1) is 16.9. The third-order valence-corrected chi connectivity index (χ3v) is 5.45. The fourth-order valence-electron chi connectivity index (χ4n) is 2.33. The summed E-state index contributed by atoms with van der Waals surface area (Å²) in [6.45, 7) is -0.809. The summed E-state index contributed by atoms with van der Waals surface area (Å²) in [7, 11) is 0. The summed E-state index contributed by atoms with van der Waals surface area (Å²) in [4.78, 5) is 17.3. The highest BCUT2D eigenvalue weighted by atomic mass is 32.2. The lowest BCUT2D eigenvalue weighted by atomic mass is 10.3. The zero-order chi connectivity index (χ0) is 17.1. The van der Waals surface area contributed by atoms with Crippen LogP contribution in [0.25, 0.3) is 11.0 Å². The Labute approximate surface area is 145 Å². The minimum absolute atomic E-state index is 0.0335. The SMILES string of the molecule is CC(NC(=O)CSc1nc2ccccc2n1C(F)F)c1cccs1. The summed E-state index contributed by atoms with van der Waals surface area (Å²) in [6.07, 6.45) is 0. The topological polar surface area (TPSA) is 46.9 Å². The van der Waals surface area contributed by atoms with Gasteiger partial charge in [-0.15, -0.1) is 11.3 Å². The van der Waals surface area contributed by atoms with Crippen LogP contribution in [0.3, 0.4) is 0 Å². The van der Waals surface area contributed by atoms with Crippen molar-refractivity contribution in [2.24, 2.45) is 0 Å². The molecule has 8 heteroatoms. The van der Waals surface area contributed by atoms with Gasteiger partial charge in [0.15, 0.2) is 5.16 Å². The normalized spacial score (nSPS) is 12.7. The molecular weight excluding hydrogens is 352 g/mol. The van der Waals surface area contributed by atoms with E-state index in [1.807, 2.05) is 24.4 Å². The summed E-state index contributed by atoms with van der Waals surface area (Å²) < 4.78 is 27.5.